The van der Waals surface area contributed by atoms with Gasteiger partial charge in [-0.1, -0.05) is 65.2 Å². The maximum absolute atomic E-state index is 11.1. The van der Waals surface area contributed by atoms with E-state index < -0.39 is 15.6 Å². The van der Waals surface area contributed by atoms with Gasteiger partial charge in [0.05, 0.1) is 14.1 Å². The third-order valence-electron chi connectivity index (χ3n) is 4.11. The molecule has 0 saturated heterocycles. The molecule has 0 bridgehead atoms. The van der Waals surface area contributed by atoms with Gasteiger partial charge in [0.15, 0.2) is 0 Å². The van der Waals surface area contributed by atoms with Crippen LogP contribution in [-0.2, 0) is 15.0 Å². The van der Waals surface area contributed by atoms with Gasteiger partial charge in [-0.15, -0.1) is 0 Å². The number of rotatable bonds is 15. The maximum atomic E-state index is 11.1. The molecule has 0 heterocycles. The minimum absolute atomic E-state index is 0.122. The number of hydroxylamine groups is 3. The third kappa shape index (κ3) is 12.9. The summed E-state index contributed by atoms with van der Waals surface area (Å²) in [5.74, 6) is 0. The van der Waals surface area contributed by atoms with Crippen LogP contribution >= 0.6 is 0 Å². The summed E-state index contributed by atoms with van der Waals surface area (Å²) < 4.78 is 33.4. The molecule has 0 aliphatic carbocycles. The summed E-state index contributed by atoms with van der Waals surface area (Å²) >= 11 is 0. The molecule has 0 spiro atoms. The van der Waals surface area contributed by atoms with Crippen LogP contribution in [0.25, 0.3) is 0 Å². The molecule has 1 atom stereocenters. The fourth-order valence-electron chi connectivity index (χ4n) is 2.68. The van der Waals surface area contributed by atoms with Crippen LogP contribution in [0.4, 0.5) is 0 Å². The molecular weight excluding hydrogens is 314 g/mol. The van der Waals surface area contributed by atoms with Gasteiger partial charge in [0.25, 0.3) is 0 Å². The molecule has 0 N–H and O–H groups in total. The van der Waals surface area contributed by atoms with Gasteiger partial charge in [0.2, 0.25) is 5.44 Å². The van der Waals surface area contributed by atoms with E-state index >= 15 is 0 Å². The summed E-state index contributed by atoms with van der Waals surface area (Å²) in [5.41, 5.74) is -1.25. The zero-order valence-corrected chi connectivity index (χ0v) is 16.4. The van der Waals surface area contributed by atoms with E-state index in [1.54, 1.807) is 6.92 Å². The van der Waals surface area contributed by atoms with Crippen LogP contribution in [0.15, 0.2) is 0 Å². The van der Waals surface area contributed by atoms with Gasteiger partial charge in [-0.05, 0) is 19.3 Å². The number of nitrogens with zero attached hydrogens (tertiary/aromatic N) is 1. The van der Waals surface area contributed by atoms with Gasteiger partial charge < -0.3 is 4.55 Å². The fourth-order valence-corrected chi connectivity index (χ4v) is 3.43. The predicted octanol–water partition coefficient (Wildman–Crippen LogP) is 4.20. The smallest absolute Gasteiger partial charge is 0.205 e. The van der Waals surface area contributed by atoms with Gasteiger partial charge in [-0.3, -0.25) is 0 Å². The molecule has 1 unspecified atom stereocenters. The maximum Gasteiger partial charge on any atom is 0.205 e. The number of quaternary nitrogens is 1. The third-order valence-corrected chi connectivity index (χ3v) is 5.17. The van der Waals surface area contributed by atoms with Crippen LogP contribution in [0.1, 0.15) is 84.5 Å². The standard InChI is InChI=1S/C17H37NO4S/c1-5-7-8-9-10-11-12-13-14-15-16-18(3,4)22-17(6-2)23(19,20)21/h17H,5-16H2,1-4H3. The van der Waals surface area contributed by atoms with Gasteiger partial charge in [0.1, 0.15) is 16.7 Å². The second-order valence-corrected chi connectivity index (χ2v) is 8.43. The van der Waals surface area contributed by atoms with E-state index in [0.717, 1.165) is 19.4 Å². The van der Waals surface area contributed by atoms with Crippen molar-refractivity contribution in [1.29, 1.82) is 0 Å². The molecular formula is C17H37NO4S. The molecule has 0 aromatic rings. The van der Waals surface area contributed by atoms with Crippen molar-refractivity contribution >= 4 is 10.1 Å². The highest BCUT2D eigenvalue weighted by atomic mass is 32.2. The SMILES string of the molecule is CCCCCCCCCCCC[N+](C)(C)OC(CC)S(=O)(=O)[O-]. The molecule has 0 aliphatic rings. The summed E-state index contributed by atoms with van der Waals surface area (Å²) in [6.45, 7) is 4.61. The van der Waals surface area contributed by atoms with Gasteiger partial charge in [-0.2, -0.15) is 9.48 Å². The van der Waals surface area contributed by atoms with E-state index in [2.05, 4.69) is 6.92 Å². The van der Waals surface area contributed by atoms with Crippen molar-refractivity contribution < 1.29 is 22.5 Å². The summed E-state index contributed by atoms with van der Waals surface area (Å²) in [4.78, 5) is 5.47. The molecule has 0 aromatic heterocycles. The Morgan fingerprint density at radius 1 is 0.870 bits per heavy atom. The Labute approximate surface area is 143 Å². The molecule has 0 aromatic carbocycles. The Hall–Kier alpha value is -0.170. The van der Waals surface area contributed by atoms with Crippen LogP contribution in [-0.4, -0.2) is 43.7 Å². The molecule has 140 valence electrons. The lowest BCUT2D eigenvalue weighted by molar-refractivity contribution is -1.08. The minimum atomic E-state index is -4.39. The van der Waals surface area contributed by atoms with Crippen molar-refractivity contribution in [1.82, 2.24) is 0 Å². The monoisotopic (exact) mass is 351 g/mol. The summed E-state index contributed by atoms with van der Waals surface area (Å²) in [6, 6.07) is 0. The Kier molecular flexibility index (Phi) is 12.1. The number of unbranched alkanes of at least 4 members (excludes halogenated alkanes) is 9. The highest BCUT2D eigenvalue weighted by Gasteiger charge is 2.26. The second-order valence-electron chi connectivity index (χ2n) is 6.92. The summed E-state index contributed by atoms with van der Waals surface area (Å²) in [7, 11) is -0.774. The molecule has 0 amide bonds. The highest BCUT2D eigenvalue weighted by molar-refractivity contribution is 7.86. The largest absolute Gasteiger partial charge is 0.746 e. The van der Waals surface area contributed by atoms with Crippen molar-refractivity contribution in [2.75, 3.05) is 20.6 Å². The fraction of sp³-hybridized carbons (Fsp3) is 1.00. The molecule has 0 fully saturated rings. The lowest BCUT2D eigenvalue weighted by Crippen LogP contribution is -2.45. The zero-order chi connectivity index (χ0) is 17.8. The number of hydrogen-bond donors (Lipinski definition) is 0. The Morgan fingerprint density at radius 2 is 1.30 bits per heavy atom. The van der Waals surface area contributed by atoms with Crippen LogP contribution < -0.4 is 0 Å². The summed E-state index contributed by atoms with van der Waals surface area (Å²) in [6.07, 6.45) is 12.8. The normalized spacial score (nSPS) is 14.1. The van der Waals surface area contributed by atoms with E-state index in [1.165, 1.54) is 51.4 Å². The van der Waals surface area contributed by atoms with Crippen molar-refractivity contribution in [2.24, 2.45) is 0 Å². The van der Waals surface area contributed by atoms with E-state index in [-0.39, 0.29) is 11.1 Å². The first-order valence-corrected chi connectivity index (χ1v) is 10.7. The van der Waals surface area contributed by atoms with Crippen molar-refractivity contribution in [2.45, 2.75) is 89.9 Å². The van der Waals surface area contributed by atoms with Crippen LogP contribution in [0.3, 0.4) is 0 Å². The average molecular weight is 352 g/mol. The first kappa shape index (κ1) is 22.8. The molecule has 6 heteroatoms. The van der Waals surface area contributed by atoms with E-state index in [0.29, 0.717) is 0 Å². The Balaban J connectivity index is 3.74. The first-order valence-electron chi connectivity index (χ1n) is 9.19. The quantitative estimate of drug-likeness (QED) is 0.192. The Bertz CT molecular complexity index is 382. The molecule has 0 radical (unpaired) electrons. The molecule has 0 aliphatic heterocycles. The first-order chi connectivity index (χ1) is 10.7. The highest BCUT2D eigenvalue weighted by Crippen LogP contribution is 2.15. The minimum Gasteiger partial charge on any atom is -0.746 e. The van der Waals surface area contributed by atoms with Crippen molar-refractivity contribution in [3.63, 3.8) is 0 Å². The average Bonchev–Trinajstić information content (AvgIpc) is 2.45. The van der Waals surface area contributed by atoms with Gasteiger partial charge in [-0.25, -0.2) is 8.42 Å². The van der Waals surface area contributed by atoms with Crippen molar-refractivity contribution in [3.8, 4) is 0 Å². The van der Waals surface area contributed by atoms with Crippen LogP contribution in [0, 0.1) is 0 Å². The van der Waals surface area contributed by atoms with E-state index in [9.17, 15) is 13.0 Å². The molecule has 0 saturated carbocycles. The van der Waals surface area contributed by atoms with Crippen LogP contribution in [0.2, 0.25) is 0 Å². The van der Waals surface area contributed by atoms with E-state index in [1.807, 2.05) is 14.1 Å². The number of hydrogen-bond acceptors (Lipinski definition) is 4. The Morgan fingerprint density at radius 3 is 1.70 bits per heavy atom. The summed E-state index contributed by atoms with van der Waals surface area (Å²) in [5, 5.41) is 0. The topological polar surface area (TPSA) is 66.4 Å². The van der Waals surface area contributed by atoms with Crippen molar-refractivity contribution in [3.05, 3.63) is 0 Å². The molecule has 0 rings (SSSR count). The second kappa shape index (κ2) is 12.2. The zero-order valence-electron chi connectivity index (χ0n) is 15.6. The van der Waals surface area contributed by atoms with Gasteiger partial charge >= 0.3 is 0 Å². The molecule has 23 heavy (non-hydrogen) atoms. The van der Waals surface area contributed by atoms with Gasteiger partial charge in [0, 0.05) is 0 Å². The predicted molar refractivity (Wildman–Crippen MR) is 93.7 cm³/mol. The van der Waals surface area contributed by atoms with Crippen LogP contribution in [0.5, 0.6) is 0 Å². The lowest BCUT2D eigenvalue weighted by Gasteiger charge is -2.31. The van der Waals surface area contributed by atoms with E-state index in [4.69, 9.17) is 4.84 Å². The molecule has 5 nitrogen and oxygen atoms in total. The lowest BCUT2D eigenvalue weighted by atomic mass is 10.1.